The Kier molecular flexibility index (Phi) is 9.21. The van der Waals surface area contributed by atoms with Crippen molar-refractivity contribution in [2.24, 2.45) is 0 Å². The number of carbonyl (C=O) groups excluding carboxylic acids is 1. The normalized spacial score (nSPS) is 11.9. The molecule has 1 atom stereocenters. The molecular formula is C41H36N2O5. The second-order valence-corrected chi connectivity index (χ2v) is 12.6. The fourth-order valence-electron chi connectivity index (χ4n) is 5.52. The van der Waals surface area contributed by atoms with Gasteiger partial charge >= 0.3 is 5.97 Å². The van der Waals surface area contributed by atoms with E-state index in [0.29, 0.717) is 28.5 Å². The third kappa shape index (κ3) is 7.53. The molecule has 1 heterocycles. The van der Waals surface area contributed by atoms with E-state index in [-0.39, 0.29) is 17.5 Å². The molecular weight excluding hydrogens is 600 g/mol. The molecule has 0 bridgehead atoms. The molecule has 0 aliphatic rings. The molecule has 7 heteroatoms. The lowest BCUT2D eigenvalue weighted by molar-refractivity contribution is -0.137. The highest BCUT2D eigenvalue weighted by Crippen LogP contribution is 2.34. The van der Waals surface area contributed by atoms with Crippen LogP contribution in [0.2, 0.25) is 0 Å². The largest absolute Gasteiger partial charge is 0.481 e. The Morgan fingerprint density at radius 3 is 1.88 bits per heavy atom. The molecule has 0 spiro atoms. The molecule has 0 saturated heterocycles. The number of carboxylic acids is 1. The van der Waals surface area contributed by atoms with E-state index in [2.05, 4.69) is 37.9 Å². The molecule has 0 aliphatic heterocycles. The van der Waals surface area contributed by atoms with Gasteiger partial charge in [-0.05, 0) is 88.7 Å². The zero-order valence-electron chi connectivity index (χ0n) is 27.0. The van der Waals surface area contributed by atoms with E-state index in [0.717, 1.165) is 16.5 Å². The van der Waals surface area contributed by atoms with Crippen molar-refractivity contribution in [2.45, 2.75) is 38.6 Å². The molecule has 48 heavy (non-hydrogen) atoms. The molecule has 6 aromatic rings. The first-order chi connectivity index (χ1) is 23.1. The Balaban J connectivity index is 1.29. The molecule has 1 unspecified atom stereocenters. The summed E-state index contributed by atoms with van der Waals surface area (Å²) in [6.45, 7) is 6.51. The minimum atomic E-state index is -1.04. The van der Waals surface area contributed by atoms with Crippen molar-refractivity contribution in [2.75, 3.05) is 4.90 Å². The van der Waals surface area contributed by atoms with Gasteiger partial charge in [0.05, 0.1) is 12.5 Å². The molecule has 0 radical (unpaired) electrons. The van der Waals surface area contributed by atoms with Crippen molar-refractivity contribution in [3.8, 4) is 23.0 Å². The quantitative estimate of drug-likeness (QED) is 0.161. The minimum absolute atomic E-state index is 0.0497. The first-order valence-corrected chi connectivity index (χ1v) is 15.8. The summed E-state index contributed by atoms with van der Waals surface area (Å²) >= 11 is 0. The predicted molar refractivity (Wildman–Crippen MR) is 188 cm³/mol. The Bertz CT molecular complexity index is 2020. The van der Waals surface area contributed by atoms with Gasteiger partial charge in [0.15, 0.2) is 0 Å². The van der Waals surface area contributed by atoms with Gasteiger partial charge in [-0.3, -0.25) is 19.5 Å². The van der Waals surface area contributed by atoms with Gasteiger partial charge in [-0.2, -0.15) is 0 Å². The third-order valence-corrected chi connectivity index (χ3v) is 8.04. The highest BCUT2D eigenvalue weighted by molar-refractivity contribution is 6.07. The van der Waals surface area contributed by atoms with Gasteiger partial charge in [-0.25, -0.2) is 0 Å². The number of nitrogens with zero attached hydrogens (tertiary/aromatic N) is 2. The van der Waals surface area contributed by atoms with Crippen LogP contribution in [0.15, 0.2) is 140 Å². The Labute approximate surface area is 280 Å². The zero-order chi connectivity index (χ0) is 33.7. The molecule has 240 valence electrons. The lowest BCUT2D eigenvalue weighted by atomic mass is 9.87. The number of pyridine rings is 1. The first kappa shape index (κ1) is 32.0. The maximum Gasteiger partial charge on any atom is 0.305 e. The Morgan fingerprint density at radius 2 is 1.25 bits per heavy atom. The predicted octanol–water partition coefficient (Wildman–Crippen LogP) is 9.98. The van der Waals surface area contributed by atoms with Crippen molar-refractivity contribution in [3.05, 3.63) is 156 Å². The molecule has 0 fully saturated rings. The van der Waals surface area contributed by atoms with Crippen LogP contribution in [0.25, 0.3) is 10.8 Å². The summed E-state index contributed by atoms with van der Waals surface area (Å²) in [5.74, 6) is 1.20. The standard InChI is InChI=1S/C41H36N2O5/c1-41(2,3)31-17-22-35(23-18-31)48-36-21-16-29-25-37(42-27-30(29)24-36)40(46)43(32-10-6-4-7-11-32)38(26-39(44)45)28-14-19-34(20-15-28)47-33-12-8-5-9-13-33/h4-25,27,38H,26H2,1-3H3,(H,44,45). The fraction of sp³-hybridized carbons (Fsp3) is 0.146. The van der Waals surface area contributed by atoms with Crippen LogP contribution in [0.1, 0.15) is 54.8 Å². The number of hydrogen-bond donors (Lipinski definition) is 1. The number of carboxylic acid groups (broad SMARTS) is 1. The fourth-order valence-corrected chi connectivity index (χ4v) is 5.52. The van der Waals surface area contributed by atoms with E-state index in [9.17, 15) is 14.7 Å². The van der Waals surface area contributed by atoms with Gasteiger partial charge in [0.25, 0.3) is 5.91 Å². The highest BCUT2D eigenvalue weighted by atomic mass is 16.5. The first-order valence-electron chi connectivity index (χ1n) is 15.8. The number of para-hydroxylation sites is 2. The highest BCUT2D eigenvalue weighted by Gasteiger charge is 2.31. The van der Waals surface area contributed by atoms with E-state index < -0.39 is 17.9 Å². The summed E-state index contributed by atoms with van der Waals surface area (Å²) in [4.78, 5) is 32.6. The monoisotopic (exact) mass is 636 g/mol. The average molecular weight is 637 g/mol. The lowest BCUT2D eigenvalue weighted by Gasteiger charge is -2.31. The number of rotatable bonds is 10. The SMILES string of the molecule is CC(C)(C)c1ccc(Oc2ccc3cc(C(=O)N(c4ccccc4)C(CC(=O)O)c4ccc(Oc5ccccc5)cc4)ncc3c2)cc1. The number of aliphatic carboxylic acids is 1. The van der Waals surface area contributed by atoms with Crippen molar-refractivity contribution in [3.63, 3.8) is 0 Å². The van der Waals surface area contributed by atoms with E-state index in [4.69, 9.17) is 9.47 Å². The maximum atomic E-state index is 14.3. The van der Waals surface area contributed by atoms with Crippen LogP contribution in [-0.4, -0.2) is 22.0 Å². The summed E-state index contributed by atoms with van der Waals surface area (Å²) in [6, 6.07) is 40.2. The number of fused-ring (bicyclic) bond motifs is 1. The van der Waals surface area contributed by atoms with Crippen molar-refractivity contribution >= 4 is 28.3 Å². The summed E-state index contributed by atoms with van der Waals surface area (Å²) in [5.41, 5.74) is 2.67. The molecule has 1 amide bonds. The Hall–Kier alpha value is -5.95. The number of ether oxygens (including phenoxy) is 2. The number of hydrogen-bond acceptors (Lipinski definition) is 5. The average Bonchev–Trinajstić information content (AvgIpc) is 3.09. The minimum Gasteiger partial charge on any atom is -0.481 e. The summed E-state index contributed by atoms with van der Waals surface area (Å²) < 4.78 is 12.1. The lowest BCUT2D eigenvalue weighted by Crippen LogP contribution is -2.36. The van der Waals surface area contributed by atoms with Crippen LogP contribution in [-0.2, 0) is 10.2 Å². The Morgan fingerprint density at radius 1 is 0.688 bits per heavy atom. The molecule has 6 rings (SSSR count). The van der Waals surface area contributed by atoms with Gasteiger partial charge in [-0.1, -0.05) is 87.5 Å². The molecule has 0 aliphatic carbocycles. The summed E-state index contributed by atoms with van der Waals surface area (Å²) in [7, 11) is 0. The molecule has 1 aromatic heterocycles. The van der Waals surface area contributed by atoms with Crippen LogP contribution in [0.3, 0.4) is 0 Å². The number of carbonyl (C=O) groups is 2. The van der Waals surface area contributed by atoms with Crippen molar-refractivity contribution in [1.82, 2.24) is 4.98 Å². The summed E-state index contributed by atoms with van der Waals surface area (Å²) in [6.07, 6.45) is 1.33. The van der Waals surface area contributed by atoms with Crippen LogP contribution in [0.4, 0.5) is 5.69 Å². The molecule has 1 N–H and O–H groups in total. The van der Waals surface area contributed by atoms with Gasteiger partial charge in [0.1, 0.15) is 28.7 Å². The van der Waals surface area contributed by atoms with Gasteiger partial charge in [0.2, 0.25) is 0 Å². The van der Waals surface area contributed by atoms with Crippen LogP contribution < -0.4 is 14.4 Å². The van der Waals surface area contributed by atoms with E-state index in [1.807, 2.05) is 78.9 Å². The van der Waals surface area contributed by atoms with Crippen molar-refractivity contribution in [1.29, 1.82) is 0 Å². The topological polar surface area (TPSA) is 89.0 Å². The second-order valence-electron chi connectivity index (χ2n) is 12.6. The molecule has 7 nitrogen and oxygen atoms in total. The number of anilines is 1. The van der Waals surface area contributed by atoms with E-state index in [1.165, 1.54) is 10.5 Å². The maximum absolute atomic E-state index is 14.3. The smallest absolute Gasteiger partial charge is 0.305 e. The number of aromatic nitrogens is 1. The summed E-state index contributed by atoms with van der Waals surface area (Å²) in [5, 5.41) is 11.6. The van der Waals surface area contributed by atoms with Gasteiger partial charge in [-0.15, -0.1) is 0 Å². The van der Waals surface area contributed by atoms with Gasteiger partial charge < -0.3 is 14.6 Å². The second kappa shape index (κ2) is 13.8. The van der Waals surface area contributed by atoms with Crippen molar-refractivity contribution < 1.29 is 24.2 Å². The van der Waals surface area contributed by atoms with Crippen LogP contribution >= 0.6 is 0 Å². The van der Waals surface area contributed by atoms with Crippen LogP contribution in [0.5, 0.6) is 23.0 Å². The number of benzene rings is 5. The van der Waals surface area contributed by atoms with Crippen LogP contribution in [0, 0.1) is 0 Å². The number of amides is 1. The van der Waals surface area contributed by atoms with Gasteiger partial charge in [0, 0.05) is 17.3 Å². The molecule has 0 saturated carbocycles. The van der Waals surface area contributed by atoms with E-state index in [1.54, 1.807) is 48.7 Å². The zero-order valence-corrected chi connectivity index (χ0v) is 27.0. The third-order valence-electron chi connectivity index (χ3n) is 8.04. The molecule has 5 aromatic carbocycles. The van der Waals surface area contributed by atoms with E-state index >= 15 is 0 Å².